The summed E-state index contributed by atoms with van der Waals surface area (Å²) in [5.41, 5.74) is 0. The lowest BCUT2D eigenvalue weighted by Crippen LogP contribution is -2.45. The minimum absolute atomic E-state index is 0.209. The van der Waals surface area contributed by atoms with Gasteiger partial charge in [0, 0.05) is 40.4 Å². The maximum absolute atomic E-state index is 5.46. The number of ether oxygens (including phenoxy) is 2. The third-order valence-corrected chi connectivity index (χ3v) is 5.93. The summed E-state index contributed by atoms with van der Waals surface area (Å²) >= 11 is 0. The van der Waals surface area contributed by atoms with E-state index in [1.807, 2.05) is 0 Å². The minimum Gasteiger partial charge on any atom is -0.381 e. The van der Waals surface area contributed by atoms with Gasteiger partial charge < -0.3 is 22.8 Å². The second-order valence-corrected chi connectivity index (χ2v) is 7.00. The van der Waals surface area contributed by atoms with Crippen LogP contribution in [0.15, 0.2) is 0 Å². The summed E-state index contributed by atoms with van der Waals surface area (Å²) in [7, 11) is 4.18. The van der Waals surface area contributed by atoms with E-state index < -0.39 is 8.80 Å². The summed E-state index contributed by atoms with van der Waals surface area (Å²) in [6.07, 6.45) is 1.09. The quantitative estimate of drug-likeness (QED) is 0.599. The molecule has 0 bridgehead atoms. The summed E-state index contributed by atoms with van der Waals surface area (Å²) in [4.78, 5) is 0. The predicted octanol–water partition coefficient (Wildman–Crippen LogP) is 0.916. The Balaban J connectivity index is 2.39. The largest absolute Gasteiger partial charge is 0.500 e. The Morgan fingerprint density at radius 3 is 2.00 bits per heavy atom. The van der Waals surface area contributed by atoms with Gasteiger partial charge in [-0.25, -0.2) is 0 Å². The fourth-order valence-corrected chi connectivity index (χ4v) is 3.64. The lowest BCUT2D eigenvalue weighted by molar-refractivity contribution is -0.104. The average molecular weight is 250 g/mol. The van der Waals surface area contributed by atoms with Gasteiger partial charge in [0.15, 0.2) is 0 Å². The highest BCUT2D eigenvalue weighted by molar-refractivity contribution is 6.60. The van der Waals surface area contributed by atoms with Gasteiger partial charge in [0.2, 0.25) is 0 Å². The second kappa shape index (κ2) is 6.68. The molecule has 1 aliphatic rings. The molecule has 1 atom stereocenters. The molecule has 0 saturated carbocycles. The SMILES string of the molecule is COC(CC[Si](OC)(OC)OC)C1COC1. The summed E-state index contributed by atoms with van der Waals surface area (Å²) < 4.78 is 26.7. The highest BCUT2D eigenvalue weighted by Crippen LogP contribution is 2.25. The Bertz CT molecular complexity index is 185. The first-order chi connectivity index (χ1) is 7.71. The number of hydrogen-bond acceptors (Lipinski definition) is 5. The fraction of sp³-hybridized carbons (Fsp3) is 1.00. The van der Waals surface area contributed by atoms with E-state index in [1.54, 1.807) is 28.4 Å². The number of methoxy groups -OCH3 is 1. The molecule has 6 heteroatoms. The Hall–Kier alpha value is 0.0169. The van der Waals surface area contributed by atoms with E-state index in [0.29, 0.717) is 5.92 Å². The first-order valence-corrected chi connectivity index (χ1v) is 7.40. The zero-order valence-corrected chi connectivity index (χ0v) is 11.5. The van der Waals surface area contributed by atoms with Crippen LogP contribution in [0.5, 0.6) is 0 Å². The molecule has 0 aromatic heterocycles. The number of hydrogen-bond donors (Lipinski definition) is 0. The van der Waals surface area contributed by atoms with Crippen LogP contribution in [0.1, 0.15) is 6.42 Å². The molecule has 1 heterocycles. The fourth-order valence-electron chi connectivity index (χ4n) is 1.89. The van der Waals surface area contributed by atoms with E-state index >= 15 is 0 Å². The lowest BCUT2D eigenvalue weighted by atomic mass is 9.99. The second-order valence-electron chi connectivity index (χ2n) is 3.91. The monoisotopic (exact) mass is 250 g/mol. The van der Waals surface area contributed by atoms with Crippen molar-refractivity contribution < 1.29 is 22.8 Å². The molecule has 1 rings (SSSR count). The maximum Gasteiger partial charge on any atom is 0.500 e. The van der Waals surface area contributed by atoms with E-state index in [0.717, 1.165) is 25.7 Å². The predicted molar refractivity (Wildman–Crippen MR) is 61.3 cm³/mol. The van der Waals surface area contributed by atoms with Crippen molar-refractivity contribution in [3.8, 4) is 0 Å². The molecule has 0 amide bonds. The normalized spacial score (nSPS) is 19.5. The Labute approximate surface area is 98.3 Å². The molecule has 1 aliphatic heterocycles. The summed E-state index contributed by atoms with van der Waals surface area (Å²) in [5, 5.41) is 0. The molecular formula is C10H22O5Si. The lowest BCUT2D eigenvalue weighted by Gasteiger charge is -2.34. The molecule has 0 aliphatic carbocycles. The van der Waals surface area contributed by atoms with Crippen LogP contribution in [0.3, 0.4) is 0 Å². The molecule has 0 aromatic rings. The van der Waals surface area contributed by atoms with Gasteiger partial charge in [-0.3, -0.25) is 0 Å². The van der Waals surface area contributed by atoms with Gasteiger partial charge in [0.25, 0.3) is 0 Å². The summed E-state index contributed by atoms with van der Waals surface area (Å²) in [6.45, 7) is 1.58. The van der Waals surface area contributed by atoms with Gasteiger partial charge in [-0.1, -0.05) is 0 Å². The molecule has 0 radical (unpaired) electrons. The van der Waals surface area contributed by atoms with Crippen molar-refractivity contribution in [2.45, 2.75) is 18.6 Å². The zero-order valence-electron chi connectivity index (χ0n) is 10.5. The van der Waals surface area contributed by atoms with E-state index in [9.17, 15) is 0 Å². The van der Waals surface area contributed by atoms with Crippen LogP contribution in [0, 0.1) is 5.92 Å². The van der Waals surface area contributed by atoms with E-state index in [1.165, 1.54) is 0 Å². The van der Waals surface area contributed by atoms with Crippen LogP contribution >= 0.6 is 0 Å². The van der Waals surface area contributed by atoms with E-state index in [4.69, 9.17) is 22.8 Å². The van der Waals surface area contributed by atoms with Crippen molar-refractivity contribution in [1.82, 2.24) is 0 Å². The minimum atomic E-state index is -2.45. The highest BCUT2D eigenvalue weighted by atomic mass is 28.4. The van der Waals surface area contributed by atoms with Crippen LogP contribution in [-0.4, -0.2) is 56.6 Å². The van der Waals surface area contributed by atoms with Gasteiger partial charge in [0.05, 0.1) is 19.3 Å². The van der Waals surface area contributed by atoms with Gasteiger partial charge in [-0.05, 0) is 6.42 Å². The van der Waals surface area contributed by atoms with Crippen LogP contribution in [0.2, 0.25) is 6.04 Å². The van der Waals surface area contributed by atoms with Crippen LogP contribution in [0.4, 0.5) is 0 Å². The molecule has 1 saturated heterocycles. The van der Waals surface area contributed by atoms with Gasteiger partial charge in [-0.2, -0.15) is 0 Å². The van der Waals surface area contributed by atoms with Crippen LogP contribution in [-0.2, 0) is 22.8 Å². The molecule has 0 spiro atoms. The standard InChI is InChI=1S/C10H22O5Si/c1-11-10(9-7-15-8-9)5-6-16(12-2,13-3)14-4/h9-10H,5-8H2,1-4H3. The van der Waals surface area contributed by atoms with Crippen LogP contribution in [0.25, 0.3) is 0 Å². The maximum atomic E-state index is 5.46. The van der Waals surface area contributed by atoms with Gasteiger partial charge >= 0.3 is 8.80 Å². The first-order valence-electron chi connectivity index (χ1n) is 5.47. The average Bonchev–Trinajstić information content (AvgIpc) is 2.27. The van der Waals surface area contributed by atoms with E-state index in [2.05, 4.69) is 0 Å². The Morgan fingerprint density at radius 2 is 1.69 bits per heavy atom. The molecule has 16 heavy (non-hydrogen) atoms. The van der Waals surface area contributed by atoms with E-state index in [-0.39, 0.29) is 6.10 Å². The molecule has 96 valence electrons. The van der Waals surface area contributed by atoms with Gasteiger partial charge in [0.1, 0.15) is 0 Å². The molecule has 1 fully saturated rings. The van der Waals surface area contributed by atoms with Crippen molar-refractivity contribution in [3.05, 3.63) is 0 Å². The molecule has 5 nitrogen and oxygen atoms in total. The third-order valence-electron chi connectivity index (χ3n) is 3.16. The molecule has 0 aromatic carbocycles. The number of rotatable bonds is 8. The topological polar surface area (TPSA) is 46.2 Å². The molecular weight excluding hydrogens is 228 g/mol. The molecule has 0 N–H and O–H groups in total. The summed E-state index contributed by atoms with van der Waals surface area (Å²) in [6, 6.07) is 0.769. The van der Waals surface area contributed by atoms with Crippen molar-refractivity contribution >= 4 is 8.80 Å². The summed E-state index contributed by atoms with van der Waals surface area (Å²) in [5.74, 6) is 0.502. The van der Waals surface area contributed by atoms with Crippen molar-refractivity contribution in [2.24, 2.45) is 5.92 Å². The zero-order chi connectivity index (χ0) is 12.0. The molecule has 1 unspecified atom stereocenters. The Morgan fingerprint density at radius 1 is 1.12 bits per heavy atom. The van der Waals surface area contributed by atoms with Crippen LogP contribution < -0.4 is 0 Å². The Kier molecular flexibility index (Phi) is 5.88. The highest BCUT2D eigenvalue weighted by Gasteiger charge is 2.39. The van der Waals surface area contributed by atoms with Crippen molar-refractivity contribution in [1.29, 1.82) is 0 Å². The van der Waals surface area contributed by atoms with Crippen molar-refractivity contribution in [2.75, 3.05) is 41.7 Å². The smallest absolute Gasteiger partial charge is 0.381 e. The van der Waals surface area contributed by atoms with Gasteiger partial charge in [-0.15, -0.1) is 0 Å². The first kappa shape index (κ1) is 14.1. The third kappa shape index (κ3) is 3.25. The van der Waals surface area contributed by atoms with Crippen molar-refractivity contribution in [3.63, 3.8) is 0 Å².